The van der Waals surface area contributed by atoms with E-state index in [4.69, 9.17) is 5.11 Å². The zero-order chi connectivity index (χ0) is 15.0. The van der Waals surface area contributed by atoms with E-state index in [1.54, 1.807) is 11.9 Å². The number of urea groups is 1. The van der Waals surface area contributed by atoms with E-state index < -0.39 is 11.5 Å². The van der Waals surface area contributed by atoms with Gasteiger partial charge in [0.25, 0.3) is 0 Å². The average Bonchev–Trinajstić information content (AvgIpc) is 2.42. The molecule has 0 spiro atoms. The number of unbranched alkanes of at least 4 members (excludes halogenated alkanes) is 2. The minimum absolute atomic E-state index is 0.0475. The second-order valence-electron chi connectivity index (χ2n) is 5.85. The fraction of sp³-hybridized carbons (Fsp3) is 0.867. The van der Waals surface area contributed by atoms with E-state index >= 15 is 0 Å². The van der Waals surface area contributed by atoms with Crippen molar-refractivity contribution in [1.82, 2.24) is 10.2 Å². The van der Waals surface area contributed by atoms with Crippen molar-refractivity contribution in [2.75, 3.05) is 13.6 Å². The summed E-state index contributed by atoms with van der Waals surface area (Å²) in [7, 11) is 1.74. The molecule has 0 radical (unpaired) electrons. The Morgan fingerprint density at radius 2 is 1.85 bits per heavy atom. The second-order valence-corrected chi connectivity index (χ2v) is 5.85. The summed E-state index contributed by atoms with van der Waals surface area (Å²) in [6, 6.07) is -0.135. The van der Waals surface area contributed by atoms with Crippen LogP contribution in [0.1, 0.15) is 64.7 Å². The number of carboxylic acid groups (broad SMARTS) is 1. The lowest BCUT2D eigenvalue weighted by Gasteiger charge is -2.43. The van der Waals surface area contributed by atoms with Gasteiger partial charge in [0, 0.05) is 13.6 Å². The largest absolute Gasteiger partial charge is 0.481 e. The van der Waals surface area contributed by atoms with Crippen LogP contribution >= 0.6 is 0 Å². The quantitative estimate of drug-likeness (QED) is 0.706. The van der Waals surface area contributed by atoms with E-state index in [9.17, 15) is 9.59 Å². The number of nitrogens with zero attached hydrogens (tertiary/aromatic N) is 1. The normalized spacial score (nSPS) is 17.5. The van der Waals surface area contributed by atoms with Crippen molar-refractivity contribution in [3.8, 4) is 0 Å². The van der Waals surface area contributed by atoms with Crippen LogP contribution in [0.4, 0.5) is 4.79 Å². The Bertz CT molecular complexity index is 325. The van der Waals surface area contributed by atoms with Gasteiger partial charge in [0.15, 0.2) is 0 Å². The highest BCUT2D eigenvalue weighted by molar-refractivity contribution is 5.76. The Morgan fingerprint density at radius 1 is 1.20 bits per heavy atom. The molecule has 116 valence electrons. The molecule has 0 atom stereocenters. The Labute approximate surface area is 121 Å². The fourth-order valence-electron chi connectivity index (χ4n) is 3.03. The van der Waals surface area contributed by atoms with E-state index in [2.05, 4.69) is 12.2 Å². The standard InChI is InChI=1S/C15H28N2O3/c1-3-4-8-11-16-14(20)17(2)15(12-13(18)19)9-6-5-7-10-15/h3-12H2,1-2H3,(H,16,20)(H,18,19). The number of carboxylic acids is 1. The summed E-state index contributed by atoms with van der Waals surface area (Å²) in [6.07, 6.45) is 7.96. The molecular formula is C15H28N2O3. The number of amides is 2. The maximum absolute atomic E-state index is 12.2. The molecule has 0 aromatic heterocycles. The smallest absolute Gasteiger partial charge is 0.317 e. The third-order valence-corrected chi connectivity index (χ3v) is 4.34. The topological polar surface area (TPSA) is 69.6 Å². The summed E-state index contributed by atoms with van der Waals surface area (Å²) < 4.78 is 0. The Hall–Kier alpha value is -1.26. The lowest BCUT2D eigenvalue weighted by atomic mass is 9.78. The van der Waals surface area contributed by atoms with Gasteiger partial charge in [0.1, 0.15) is 0 Å². The van der Waals surface area contributed by atoms with Gasteiger partial charge >= 0.3 is 12.0 Å². The van der Waals surface area contributed by atoms with E-state index in [0.717, 1.165) is 51.4 Å². The third kappa shape index (κ3) is 4.69. The number of aliphatic carboxylic acids is 1. The molecule has 5 heteroatoms. The molecule has 1 fully saturated rings. The van der Waals surface area contributed by atoms with Crippen LogP contribution in [0.15, 0.2) is 0 Å². The molecule has 1 rings (SSSR count). The van der Waals surface area contributed by atoms with Gasteiger partial charge in [-0.15, -0.1) is 0 Å². The van der Waals surface area contributed by atoms with Crippen LogP contribution in [0.5, 0.6) is 0 Å². The van der Waals surface area contributed by atoms with Crippen LogP contribution < -0.4 is 5.32 Å². The zero-order valence-corrected chi connectivity index (χ0v) is 12.8. The van der Waals surface area contributed by atoms with Crippen molar-refractivity contribution in [3.63, 3.8) is 0 Å². The summed E-state index contributed by atoms with van der Waals surface area (Å²) in [6.45, 7) is 2.79. The van der Waals surface area contributed by atoms with E-state index in [-0.39, 0.29) is 12.5 Å². The lowest BCUT2D eigenvalue weighted by molar-refractivity contribution is -0.140. The van der Waals surface area contributed by atoms with Crippen molar-refractivity contribution < 1.29 is 14.7 Å². The predicted molar refractivity (Wildman–Crippen MR) is 78.8 cm³/mol. The van der Waals surface area contributed by atoms with Crippen LogP contribution in [-0.2, 0) is 4.79 Å². The molecule has 5 nitrogen and oxygen atoms in total. The maximum Gasteiger partial charge on any atom is 0.317 e. The van der Waals surface area contributed by atoms with E-state index in [1.807, 2.05) is 0 Å². The molecule has 1 aliphatic carbocycles. The summed E-state index contributed by atoms with van der Waals surface area (Å²) in [5.74, 6) is -0.822. The molecule has 2 amide bonds. The summed E-state index contributed by atoms with van der Waals surface area (Å²) in [4.78, 5) is 25.0. The van der Waals surface area contributed by atoms with Gasteiger partial charge in [-0.2, -0.15) is 0 Å². The second kappa shape index (κ2) is 8.12. The fourth-order valence-corrected chi connectivity index (χ4v) is 3.03. The van der Waals surface area contributed by atoms with Crippen molar-refractivity contribution in [1.29, 1.82) is 0 Å². The monoisotopic (exact) mass is 284 g/mol. The number of nitrogens with one attached hydrogen (secondary N) is 1. The molecule has 0 aromatic carbocycles. The summed E-state index contributed by atoms with van der Waals surface area (Å²) >= 11 is 0. The van der Waals surface area contributed by atoms with Gasteiger partial charge in [-0.1, -0.05) is 39.0 Å². The molecule has 20 heavy (non-hydrogen) atoms. The minimum Gasteiger partial charge on any atom is -0.481 e. The third-order valence-electron chi connectivity index (χ3n) is 4.34. The maximum atomic E-state index is 12.2. The predicted octanol–water partition coefficient (Wildman–Crippen LogP) is 3.00. The highest BCUT2D eigenvalue weighted by Crippen LogP contribution is 2.35. The molecule has 0 unspecified atom stereocenters. The molecular weight excluding hydrogens is 256 g/mol. The minimum atomic E-state index is -0.822. The van der Waals surface area contributed by atoms with Crippen molar-refractivity contribution >= 4 is 12.0 Å². The van der Waals surface area contributed by atoms with Crippen molar-refractivity contribution in [2.24, 2.45) is 0 Å². The van der Waals surface area contributed by atoms with Crippen molar-refractivity contribution in [3.05, 3.63) is 0 Å². The average molecular weight is 284 g/mol. The van der Waals surface area contributed by atoms with Gasteiger partial charge in [0.2, 0.25) is 0 Å². The molecule has 0 saturated heterocycles. The number of hydrogen-bond donors (Lipinski definition) is 2. The first-order chi connectivity index (χ1) is 9.52. The van der Waals surface area contributed by atoms with Crippen LogP contribution in [0.3, 0.4) is 0 Å². The highest BCUT2D eigenvalue weighted by Gasteiger charge is 2.40. The number of carbonyl (C=O) groups excluding carboxylic acids is 1. The van der Waals surface area contributed by atoms with Crippen molar-refractivity contribution in [2.45, 2.75) is 70.3 Å². The zero-order valence-electron chi connectivity index (χ0n) is 12.8. The van der Waals surface area contributed by atoms with Gasteiger partial charge in [-0.05, 0) is 19.3 Å². The number of carbonyl (C=O) groups is 2. The first-order valence-corrected chi connectivity index (χ1v) is 7.75. The van der Waals surface area contributed by atoms with Gasteiger partial charge < -0.3 is 15.3 Å². The van der Waals surface area contributed by atoms with Gasteiger partial charge in [-0.25, -0.2) is 4.79 Å². The SMILES string of the molecule is CCCCCNC(=O)N(C)C1(CC(=O)O)CCCCC1. The van der Waals surface area contributed by atoms with E-state index in [0.29, 0.717) is 6.54 Å². The van der Waals surface area contributed by atoms with Crippen LogP contribution in [-0.4, -0.2) is 41.1 Å². The molecule has 0 heterocycles. The number of rotatable bonds is 7. The summed E-state index contributed by atoms with van der Waals surface area (Å²) in [5.41, 5.74) is -0.501. The van der Waals surface area contributed by atoms with Crippen LogP contribution in [0.25, 0.3) is 0 Å². The van der Waals surface area contributed by atoms with Crippen LogP contribution in [0, 0.1) is 0 Å². The molecule has 0 aliphatic heterocycles. The number of hydrogen-bond acceptors (Lipinski definition) is 2. The van der Waals surface area contributed by atoms with E-state index in [1.165, 1.54) is 0 Å². The van der Waals surface area contributed by atoms with Crippen LogP contribution in [0.2, 0.25) is 0 Å². The molecule has 0 aromatic rings. The Balaban J connectivity index is 2.60. The first kappa shape index (κ1) is 16.8. The van der Waals surface area contributed by atoms with Gasteiger partial charge in [-0.3, -0.25) is 4.79 Å². The molecule has 2 N–H and O–H groups in total. The highest BCUT2D eigenvalue weighted by atomic mass is 16.4. The molecule has 1 aliphatic rings. The Morgan fingerprint density at radius 3 is 2.40 bits per heavy atom. The summed E-state index contributed by atoms with van der Waals surface area (Å²) in [5, 5.41) is 12.1. The Kier molecular flexibility index (Phi) is 6.82. The molecule has 0 bridgehead atoms. The van der Waals surface area contributed by atoms with Gasteiger partial charge in [0.05, 0.1) is 12.0 Å². The lowest BCUT2D eigenvalue weighted by Crippen LogP contribution is -2.55. The first-order valence-electron chi connectivity index (χ1n) is 7.75. The molecule has 1 saturated carbocycles.